The Labute approximate surface area is 152 Å². The Morgan fingerprint density at radius 1 is 1.08 bits per heavy atom. The highest BCUT2D eigenvalue weighted by atomic mass is 35.5. The number of aromatic nitrogens is 3. The quantitative estimate of drug-likeness (QED) is 0.664. The molecule has 5 heteroatoms. The highest BCUT2D eigenvalue weighted by Crippen LogP contribution is 2.14. The number of hydrogen-bond donors (Lipinski definition) is 0. The average molecular weight is 354 g/mol. The number of carbonyl (C=O) groups excluding carboxylic acids is 1. The maximum atomic E-state index is 12.1. The third-order valence-corrected chi connectivity index (χ3v) is 4.24. The first-order chi connectivity index (χ1) is 12.0. The van der Waals surface area contributed by atoms with E-state index in [1.165, 1.54) is 11.1 Å². The van der Waals surface area contributed by atoms with E-state index in [-0.39, 0.29) is 5.78 Å². The Hall–Kier alpha value is -2.46. The molecular formula is C20H20ClN3O. The smallest absolute Gasteiger partial charge is 0.137 e. The van der Waals surface area contributed by atoms with Crippen LogP contribution in [0.4, 0.5) is 0 Å². The minimum Gasteiger partial charge on any atom is -0.299 e. The zero-order chi connectivity index (χ0) is 17.8. The van der Waals surface area contributed by atoms with Crippen LogP contribution in [0, 0.1) is 13.8 Å². The second-order valence-corrected chi connectivity index (χ2v) is 6.78. The fourth-order valence-corrected chi connectivity index (χ4v) is 2.93. The van der Waals surface area contributed by atoms with Crippen molar-refractivity contribution in [2.45, 2.75) is 33.1 Å². The van der Waals surface area contributed by atoms with Crippen molar-refractivity contribution in [1.29, 1.82) is 0 Å². The number of carbonyl (C=O) groups is 1. The van der Waals surface area contributed by atoms with Crippen LogP contribution < -0.4 is 0 Å². The standard InChI is InChI=1S/C20H20ClN3O/c1-14-9-15(2)11-19(10-14)24-13-18(22-23-24)7-8-20(25)12-16-3-5-17(21)6-4-16/h3-6,9-11,13H,7-8,12H2,1-2H3. The lowest BCUT2D eigenvalue weighted by molar-refractivity contribution is -0.118. The number of rotatable bonds is 6. The van der Waals surface area contributed by atoms with Crippen LogP contribution in [-0.2, 0) is 17.6 Å². The summed E-state index contributed by atoms with van der Waals surface area (Å²) in [6.07, 6.45) is 3.36. The van der Waals surface area contributed by atoms with Crippen LogP contribution in [0.25, 0.3) is 5.69 Å². The van der Waals surface area contributed by atoms with Gasteiger partial charge in [-0.2, -0.15) is 0 Å². The van der Waals surface area contributed by atoms with E-state index < -0.39 is 0 Å². The molecule has 1 aromatic heterocycles. The third-order valence-electron chi connectivity index (χ3n) is 3.99. The van der Waals surface area contributed by atoms with E-state index in [2.05, 4.69) is 42.4 Å². The van der Waals surface area contributed by atoms with Crippen LogP contribution in [0.15, 0.2) is 48.7 Å². The minimum absolute atomic E-state index is 0.184. The summed E-state index contributed by atoms with van der Waals surface area (Å²) < 4.78 is 1.76. The van der Waals surface area contributed by atoms with Crippen LogP contribution in [0.5, 0.6) is 0 Å². The van der Waals surface area contributed by atoms with Crippen LogP contribution in [0.3, 0.4) is 0 Å². The number of hydrogen-bond acceptors (Lipinski definition) is 3. The molecule has 0 radical (unpaired) electrons. The Kier molecular flexibility index (Phi) is 5.29. The first kappa shape index (κ1) is 17.4. The molecule has 0 fully saturated rings. The maximum Gasteiger partial charge on any atom is 0.137 e. The number of ketones is 1. The van der Waals surface area contributed by atoms with Gasteiger partial charge in [0, 0.05) is 24.3 Å². The largest absolute Gasteiger partial charge is 0.299 e. The Morgan fingerprint density at radius 2 is 1.76 bits per heavy atom. The van der Waals surface area contributed by atoms with E-state index >= 15 is 0 Å². The Balaban J connectivity index is 1.59. The van der Waals surface area contributed by atoms with Crippen molar-refractivity contribution >= 4 is 17.4 Å². The molecule has 0 aliphatic heterocycles. The molecule has 3 rings (SSSR count). The summed E-state index contributed by atoms with van der Waals surface area (Å²) in [6, 6.07) is 13.6. The summed E-state index contributed by atoms with van der Waals surface area (Å²) in [5, 5.41) is 9.05. The van der Waals surface area contributed by atoms with E-state index in [9.17, 15) is 4.79 Å². The lowest BCUT2D eigenvalue weighted by Crippen LogP contribution is -2.04. The highest BCUT2D eigenvalue weighted by Gasteiger charge is 2.08. The summed E-state index contributed by atoms with van der Waals surface area (Å²) in [7, 11) is 0. The van der Waals surface area contributed by atoms with Gasteiger partial charge < -0.3 is 0 Å². The molecule has 3 aromatic rings. The van der Waals surface area contributed by atoms with E-state index in [4.69, 9.17) is 11.6 Å². The summed E-state index contributed by atoms with van der Waals surface area (Å²) in [5.74, 6) is 0.184. The van der Waals surface area contributed by atoms with Crippen molar-refractivity contribution in [3.05, 3.63) is 76.1 Å². The van der Waals surface area contributed by atoms with Gasteiger partial charge in [-0.1, -0.05) is 35.0 Å². The zero-order valence-corrected chi connectivity index (χ0v) is 15.1. The number of nitrogens with zero attached hydrogens (tertiary/aromatic N) is 3. The second-order valence-electron chi connectivity index (χ2n) is 6.34. The molecule has 0 unspecified atom stereocenters. The normalized spacial score (nSPS) is 10.8. The van der Waals surface area contributed by atoms with Crippen molar-refractivity contribution in [3.8, 4) is 5.69 Å². The zero-order valence-electron chi connectivity index (χ0n) is 14.4. The molecule has 128 valence electrons. The summed E-state index contributed by atoms with van der Waals surface area (Å²) in [6.45, 7) is 4.12. The Morgan fingerprint density at radius 3 is 2.44 bits per heavy atom. The second kappa shape index (κ2) is 7.62. The van der Waals surface area contributed by atoms with Crippen LogP contribution in [0.1, 0.15) is 28.8 Å². The molecule has 0 atom stereocenters. The molecule has 0 aliphatic carbocycles. The van der Waals surface area contributed by atoms with Gasteiger partial charge >= 0.3 is 0 Å². The van der Waals surface area contributed by atoms with Crippen molar-refractivity contribution in [1.82, 2.24) is 15.0 Å². The molecular weight excluding hydrogens is 334 g/mol. The van der Waals surface area contributed by atoms with Crippen molar-refractivity contribution in [2.24, 2.45) is 0 Å². The van der Waals surface area contributed by atoms with Crippen LogP contribution in [0.2, 0.25) is 5.02 Å². The van der Waals surface area contributed by atoms with Gasteiger partial charge in [0.2, 0.25) is 0 Å². The molecule has 0 saturated heterocycles. The fraction of sp³-hybridized carbons (Fsp3) is 0.250. The molecule has 1 heterocycles. The van der Waals surface area contributed by atoms with Crippen molar-refractivity contribution in [2.75, 3.05) is 0 Å². The predicted octanol–water partition coefficient (Wildman–Crippen LogP) is 4.28. The average Bonchev–Trinajstić information content (AvgIpc) is 3.03. The molecule has 0 bridgehead atoms. The van der Waals surface area contributed by atoms with E-state index in [1.807, 2.05) is 18.3 Å². The first-order valence-corrected chi connectivity index (χ1v) is 8.63. The van der Waals surface area contributed by atoms with E-state index in [0.717, 1.165) is 16.9 Å². The van der Waals surface area contributed by atoms with Gasteiger partial charge in [0.05, 0.1) is 17.6 Å². The van der Waals surface area contributed by atoms with E-state index in [0.29, 0.717) is 24.3 Å². The predicted molar refractivity (Wildman–Crippen MR) is 99.3 cm³/mol. The fourth-order valence-electron chi connectivity index (χ4n) is 2.81. The van der Waals surface area contributed by atoms with Crippen LogP contribution >= 0.6 is 11.6 Å². The highest BCUT2D eigenvalue weighted by molar-refractivity contribution is 6.30. The van der Waals surface area contributed by atoms with Gasteiger partial charge in [-0.25, -0.2) is 4.68 Å². The van der Waals surface area contributed by atoms with Crippen molar-refractivity contribution in [3.63, 3.8) is 0 Å². The summed E-state index contributed by atoms with van der Waals surface area (Å²) in [4.78, 5) is 12.1. The van der Waals surface area contributed by atoms with Gasteiger partial charge in [-0.05, 0) is 54.8 Å². The van der Waals surface area contributed by atoms with Gasteiger partial charge in [0.15, 0.2) is 0 Å². The third kappa shape index (κ3) is 4.77. The van der Waals surface area contributed by atoms with Gasteiger partial charge in [-0.3, -0.25) is 4.79 Å². The lowest BCUT2D eigenvalue weighted by atomic mass is 10.1. The molecule has 2 aromatic carbocycles. The number of aryl methyl sites for hydroxylation is 3. The molecule has 25 heavy (non-hydrogen) atoms. The minimum atomic E-state index is 0.184. The van der Waals surface area contributed by atoms with Crippen molar-refractivity contribution < 1.29 is 4.79 Å². The van der Waals surface area contributed by atoms with Crippen LogP contribution in [-0.4, -0.2) is 20.8 Å². The Bertz CT molecular complexity index is 864. The molecule has 0 spiro atoms. The monoisotopic (exact) mass is 353 g/mol. The summed E-state index contributed by atoms with van der Waals surface area (Å²) >= 11 is 5.86. The number of halogens is 1. The molecule has 0 aliphatic rings. The topological polar surface area (TPSA) is 47.8 Å². The number of Topliss-reactive ketones (excluding diaryl/α,β-unsaturated/α-hetero) is 1. The summed E-state index contributed by atoms with van der Waals surface area (Å²) in [5.41, 5.74) is 5.16. The SMILES string of the molecule is Cc1cc(C)cc(-n2cc(CCC(=O)Cc3ccc(Cl)cc3)nn2)c1. The molecule has 4 nitrogen and oxygen atoms in total. The molecule has 0 saturated carbocycles. The lowest BCUT2D eigenvalue weighted by Gasteiger charge is -2.03. The number of benzene rings is 2. The van der Waals surface area contributed by atoms with Gasteiger partial charge in [0.25, 0.3) is 0 Å². The van der Waals surface area contributed by atoms with Gasteiger partial charge in [-0.15, -0.1) is 5.10 Å². The van der Waals surface area contributed by atoms with E-state index in [1.54, 1.807) is 16.8 Å². The maximum absolute atomic E-state index is 12.1. The molecule has 0 N–H and O–H groups in total. The van der Waals surface area contributed by atoms with Gasteiger partial charge in [0.1, 0.15) is 5.78 Å². The first-order valence-electron chi connectivity index (χ1n) is 8.25. The molecule has 0 amide bonds.